The summed E-state index contributed by atoms with van der Waals surface area (Å²) >= 11 is 0. The number of nitrogens with zero attached hydrogens (tertiary/aromatic N) is 6. The van der Waals surface area contributed by atoms with Crippen molar-refractivity contribution in [2.45, 2.75) is 49.1 Å². The molecular formula is C20H28N9O12P. The molecule has 21 nitrogen and oxygen atoms in total. The van der Waals surface area contributed by atoms with E-state index in [2.05, 4.69) is 24.9 Å². The predicted molar refractivity (Wildman–Crippen MR) is 136 cm³/mol. The number of H-pyrrole nitrogens is 1. The van der Waals surface area contributed by atoms with E-state index in [0.717, 1.165) is 10.9 Å². The average Bonchev–Trinajstić information content (AvgIpc) is 3.60. The number of fused-ring (bicyclic) bond motifs is 1. The Morgan fingerprint density at radius 3 is 2.36 bits per heavy atom. The summed E-state index contributed by atoms with van der Waals surface area (Å²) in [5.74, 6) is -0.463. The van der Waals surface area contributed by atoms with Crippen molar-refractivity contribution in [1.29, 1.82) is 0 Å². The molecule has 2 aliphatic heterocycles. The number of imidazole rings is 1. The van der Waals surface area contributed by atoms with Gasteiger partial charge in [-0.1, -0.05) is 0 Å². The molecule has 0 saturated carbocycles. The average molecular weight is 617 g/mol. The topological polar surface area (TPSA) is 297 Å². The van der Waals surface area contributed by atoms with Gasteiger partial charge in [-0.15, -0.1) is 0 Å². The minimum absolute atomic E-state index is 0.0318. The predicted octanol–water partition coefficient (Wildman–Crippen LogP) is -3.38. The molecule has 0 aromatic carbocycles. The van der Waals surface area contributed by atoms with E-state index in [1.165, 1.54) is 25.1 Å². The number of methoxy groups -OCH3 is 2. The van der Waals surface area contributed by atoms with Crippen LogP contribution >= 0.6 is 7.82 Å². The Kier molecular flexibility index (Phi) is 8.40. The maximum Gasteiger partial charge on any atom is 0.472 e. The number of hydrogen-bond donors (Lipinski definition) is 6. The van der Waals surface area contributed by atoms with Crippen molar-refractivity contribution in [2.24, 2.45) is 0 Å². The normalized spacial score (nSPS) is 31.1. The van der Waals surface area contributed by atoms with Crippen LogP contribution in [0.5, 0.6) is 0 Å². The number of phosphoric ester groups is 1. The minimum Gasteiger partial charge on any atom is -0.394 e. The molecule has 0 aliphatic carbocycles. The fourth-order valence-corrected chi connectivity index (χ4v) is 5.76. The third-order valence-corrected chi connectivity index (χ3v) is 7.71. The van der Waals surface area contributed by atoms with Crippen LogP contribution in [0.25, 0.3) is 11.2 Å². The van der Waals surface area contributed by atoms with Gasteiger partial charge in [-0.2, -0.15) is 9.97 Å². The van der Waals surface area contributed by atoms with Crippen LogP contribution in [0, 0.1) is 0 Å². The van der Waals surface area contributed by atoms with Crippen molar-refractivity contribution in [3.63, 3.8) is 0 Å². The second-order valence-electron chi connectivity index (χ2n) is 9.22. The maximum atomic E-state index is 13.0. The van der Waals surface area contributed by atoms with E-state index in [1.807, 2.05) is 0 Å². The van der Waals surface area contributed by atoms with Crippen LogP contribution in [-0.2, 0) is 32.6 Å². The third kappa shape index (κ3) is 5.54. The Labute approximate surface area is 234 Å². The second kappa shape index (κ2) is 11.7. The van der Waals surface area contributed by atoms with Crippen LogP contribution in [-0.4, -0.2) is 113 Å². The van der Waals surface area contributed by atoms with Crippen LogP contribution in [0.4, 0.5) is 11.9 Å². The lowest BCUT2D eigenvalue weighted by atomic mass is 10.1. The van der Waals surface area contributed by atoms with E-state index >= 15 is 0 Å². The maximum absolute atomic E-state index is 13.0. The lowest BCUT2D eigenvalue weighted by Gasteiger charge is -2.25. The highest BCUT2D eigenvalue weighted by Crippen LogP contribution is 2.49. The van der Waals surface area contributed by atoms with Crippen LogP contribution in [0.3, 0.4) is 0 Å². The van der Waals surface area contributed by atoms with Crippen LogP contribution in [0.1, 0.15) is 12.5 Å². The smallest absolute Gasteiger partial charge is 0.394 e. The number of aromatic nitrogens is 7. The van der Waals surface area contributed by atoms with E-state index in [1.54, 1.807) is 0 Å². The van der Waals surface area contributed by atoms with Gasteiger partial charge < -0.3 is 45.5 Å². The second-order valence-corrected chi connectivity index (χ2v) is 10.6. The molecule has 0 bridgehead atoms. The van der Waals surface area contributed by atoms with E-state index < -0.39 is 81.4 Å². The zero-order chi connectivity index (χ0) is 30.3. The van der Waals surface area contributed by atoms with Crippen LogP contribution in [0.15, 0.2) is 22.2 Å². The summed E-state index contributed by atoms with van der Waals surface area (Å²) < 4.78 is 47.9. The Hall–Kier alpha value is -3.37. The number of rotatable bonds is 10. The molecular weight excluding hydrogens is 589 g/mol. The molecule has 42 heavy (non-hydrogen) atoms. The van der Waals surface area contributed by atoms with Crippen molar-refractivity contribution in [3.05, 3.63) is 33.5 Å². The Morgan fingerprint density at radius 1 is 1.02 bits per heavy atom. The van der Waals surface area contributed by atoms with Gasteiger partial charge in [0.2, 0.25) is 11.9 Å². The number of aliphatic hydroxyl groups is 2. The molecule has 0 radical (unpaired) electrons. The number of ether oxygens (including phenoxy) is 4. The molecule has 5 unspecified atom stereocenters. The molecule has 3 aromatic rings. The molecule has 2 fully saturated rings. The quantitative estimate of drug-likeness (QED) is 0.121. The summed E-state index contributed by atoms with van der Waals surface area (Å²) in [6.07, 6.45) is -7.57. The lowest BCUT2D eigenvalue weighted by molar-refractivity contribution is -0.0665. The number of aromatic amines is 1. The van der Waals surface area contributed by atoms with Crippen LogP contribution < -0.4 is 22.7 Å². The molecule has 230 valence electrons. The summed E-state index contributed by atoms with van der Waals surface area (Å²) in [5.41, 5.74) is 9.61. The zero-order valence-electron chi connectivity index (χ0n) is 22.0. The van der Waals surface area contributed by atoms with E-state index in [9.17, 15) is 29.3 Å². The monoisotopic (exact) mass is 617 g/mol. The van der Waals surface area contributed by atoms with Gasteiger partial charge in [0.05, 0.1) is 19.5 Å². The summed E-state index contributed by atoms with van der Waals surface area (Å²) in [6, 6.07) is 0. The summed E-state index contributed by atoms with van der Waals surface area (Å²) in [7, 11) is -2.42. The first kappa shape index (κ1) is 30.1. The fourth-order valence-electron chi connectivity index (χ4n) is 4.80. The summed E-state index contributed by atoms with van der Waals surface area (Å²) in [5, 5.41) is 20.6. The lowest BCUT2D eigenvalue weighted by Crippen LogP contribution is -2.38. The molecule has 22 heteroatoms. The van der Waals surface area contributed by atoms with Crippen molar-refractivity contribution in [3.8, 4) is 0 Å². The van der Waals surface area contributed by atoms with Crippen LogP contribution in [0.2, 0.25) is 0 Å². The molecule has 2 saturated heterocycles. The molecule has 8 N–H and O–H groups in total. The molecule has 2 aliphatic rings. The number of aliphatic hydroxyl groups excluding tert-OH is 2. The van der Waals surface area contributed by atoms with E-state index in [0.29, 0.717) is 0 Å². The number of anilines is 2. The highest BCUT2D eigenvalue weighted by molar-refractivity contribution is 7.47. The molecule has 0 amide bonds. The van der Waals surface area contributed by atoms with E-state index in [4.69, 9.17) is 39.5 Å². The number of nitrogens with two attached hydrogens (primary N) is 2. The van der Waals surface area contributed by atoms with Crippen molar-refractivity contribution in [1.82, 2.24) is 34.1 Å². The Bertz CT molecular complexity index is 1600. The highest BCUT2D eigenvalue weighted by Gasteiger charge is 2.51. The number of nitrogens with one attached hydrogen (secondary N) is 1. The van der Waals surface area contributed by atoms with Gasteiger partial charge in [0.15, 0.2) is 23.6 Å². The first-order valence-corrected chi connectivity index (χ1v) is 13.7. The van der Waals surface area contributed by atoms with Gasteiger partial charge in [0.1, 0.15) is 43.0 Å². The van der Waals surface area contributed by atoms with Crippen molar-refractivity contribution >= 4 is 30.9 Å². The molecule has 3 aromatic heterocycles. The number of nitrogen functional groups attached to an aromatic ring is 2. The molecule has 5 heterocycles. The van der Waals surface area contributed by atoms with Gasteiger partial charge in [-0.25, -0.2) is 19.3 Å². The van der Waals surface area contributed by atoms with E-state index in [-0.39, 0.29) is 23.1 Å². The van der Waals surface area contributed by atoms with Gasteiger partial charge in [0.25, 0.3) is 5.56 Å². The Balaban J connectivity index is 1.31. The summed E-state index contributed by atoms with van der Waals surface area (Å²) in [6.45, 7) is -1.35. The number of phosphoric acid groups is 1. The number of hydrogen-bond acceptors (Lipinski definition) is 17. The van der Waals surface area contributed by atoms with Crippen molar-refractivity contribution < 1.29 is 47.7 Å². The first-order chi connectivity index (χ1) is 20.0. The molecule has 9 atom stereocenters. The minimum atomic E-state index is -4.95. The SMILES string of the molecule is COC1C(O)[C@@H](COP(=O)(O)OC2C(OC)[C@H](n3cnc4c(=O)[nH]c(N)nc43)O[C@@H]2CO)O[C@H]1n1cnc(N)nc1=O. The molecule has 0 spiro atoms. The zero-order valence-corrected chi connectivity index (χ0v) is 22.9. The first-order valence-electron chi connectivity index (χ1n) is 12.2. The highest BCUT2D eigenvalue weighted by atomic mass is 31.2. The standard InChI is InChI=1S/C20H28N9O12P/c1-36-12-10(31)8(40-16(12)29-6-24-18(21)27-20(29)33)4-38-42(34,35)41-11-7(3-30)39-17(13(11)37-2)28-5-23-9-14(28)25-19(22)26-15(9)32/h5-8,10-13,16-17,30-31H,3-4H2,1-2H3,(H,34,35)(H2,21,27,33)(H3,22,25,26,32)/t7-,8-,10?,11?,12?,13?,16-,17-/m1/s1. The largest absolute Gasteiger partial charge is 0.472 e. The van der Waals surface area contributed by atoms with Gasteiger partial charge in [-0.05, 0) is 0 Å². The Morgan fingerprint density at radius 2 is 1.69 bits per heavy atom. The molecule has 5 rings (SSSR count). The third-order valence-electron chi connectivity index (χ3n) is 6.72. The van der Waals surface area contributed by atoms with Gasteiger partial charge >= 0.3 is 13.5 Å². The fraction of sp³-hybridized carbons (Fsp3) is 0.600. The van der Waals surface area contributed by atoms with Crippen molar-refractivity contribution in [2.75, 3.05) is 38.9 Å². The summed E-state index contributed by atoms with van der Waals surface area (Å²) in [4.78, 5) is 52.6. The van der Waals surface area contributed by atoms with Gasteiger partial charge in [0, 0.05) is 14.2 Å². The van der Waals surface area contributed by atoms with Gasteiger partial charge in [-0.3, -0.25) is 28.0 Å².